The van der Waals surface area contributed by atoms with E-state index in [1.807, 2.05) is 0 Å². The van der Waals surface area contributed by atoms with E-state index in [1.165, 1.54) is 86.2 Å². The predicted octanol–water partition coefficient (Wildman–Crippen LogP) is 12.4. The number of nitrogens with zero attached hydrogens (tertiary/aromatic N) is 3. The summed E-state index contributed by atoms with van der Waals surface area (Å²) in [6.07, 6.45) is 0. The highest BCUT2D eigenvalue weighted by Gasteiger charge is 2.44. The number of hydrogen-bond donors (Lipinski definition) is 0. The van der Waals surface area contributed by atoms with Gasteiger partial charge in [-0.3, -0.25) is 0 Å². The van der Waals surface area contributed by atoms with E-state index in [9.17, 15) is 0 Å². The minimum Gasteiger partial charge on any atom is -0.307 e. The zero-order chi connectivity index (χ0) is 42.2. The monoisotopic (exact) mass is 831 g/mol. The zero-order valence-electron chi connectivity index (χ0n) is 35.0. The van der Waals surface area contributed by atoms with Crippen molar-refractivity contribution in [1.82, 2.24) is 13.7 Å². The van der Waals surface area contributed by atoms with Crippen LogP contribution in [0.5, 0.6) is 0 Å². The average molecular weight is 832 g/mol. The molecular formula is C60H41N3Si. The first-order chi connectivity index (χ1) is 31.8. The molecule has 0 aliphatic heterocycles. The molecule has 0 radical (unpaired) electrons. The highest BCUT2D eigenvalue weighted by Crippen LogP contribution is 2.43. The molecule has 4 heteroatoms. The summed E-state index contributed by atoms with van der Waals surface area (Å²) in [7, 11) is -3.06. The summed E-state index contributed by atoms with van der Waals surface area (Å²) in [6.45, 7) is 0. The average Bonchev–Trinajstić information content (AvgIpc) is 4.02. The van der Waals surface area contributed by atoms with Crippen molar-refractivity contribution in [2.75, 3.05) is 0 Å². The van der Waals surface area contributed by atoms with Gasteiger partial charge in [-0.25, -0.2) is 0 Å². The van der Waals surface area contributed by atoms with Gasteiger partial charge in [-0.2, -0.15) is 0 Å². The highest BCUT2D eigenvalue weighted by atomic mass is 28.3. The maximum atomic E-state index is 2.60. The third-order valence-electron chi connectivity index (χ3n) is 13.6. The first-order valence-corrected chi connectivity index (χ1v) is 24.1. The van der Waals surface area contributed by atoms with Crippen LogP contribution < -0.4 is 20.7 Å². The molecule has 0 unspecified atom stereocenters. The van der Waals surface area contributed by atoms with Crippen molar-refractivity contribution in [2.24, 2.45) is 0 Å². The molecule has 0 saturated heterocycles. The molecule has 0 aliphatic rings. The molecule has 3 nitrogen and oxygen atoms in total. The van der Waals surface area contributed by atoms with Gasteiger partial charge in [-0.05, 0) is 69.3 Å². The SMILES string of the molecule is c1ccc(-n2c3ccccc3c3cccc(-n4c5ccccc5c5c([Si](c6ccccc6)(c6ccccc6)c6ccccc6)ccc(-n6c7ccccc7c7ccccc76)c54)c32)cc1. The van der Waals surface area contributed by atoms with E-state index < -0.39 is 8.07 Å². The first kappa shape index (κ1) is 36.5. The lowest BCUT2D eigenvalue weighted by Gasteiger charge is -2.35. The Bertz CT molecular complexity index is 3730. The standard InChI is InChI=1S/C60H41N3Si/c1-5-22-42(23-6-1)61-51-35-17-15-32-48(51)49-34-21-39-55(59(49)61)63-54-38-20-16-33-50(54)58-57(41-40-56(60(58)63)62-52-36-18-13-30-46(52)47-31-14-19-37-53(47)62)64(43-24-7-2-8-25-43,44-26-9-3-10-27-44)45-28-11-4-12-29-45/h1-41H. The number of para-hydroxylation sites is 6. The lowest BCUT2D eigenvalue weighted by molar-refractivity contribution is 1.11. The minimum absolute atomic E-state index is 1.13. The van der Waals surface area contributed by atoms with Crippen LogP contribution in [0.4, 0.5) is 0 Å². The quantitative estimate of drug-likeness (QED) is 0.112. The topological polar surface area (TPSA) is 14.8 Å². The van der Waals surface area contributed by atoms with Crippen molar-refractivity contribution in [3.05, 3.63) is 249 Å². The zero-order valence-corrected chi connectivity index (χ0v) is 36.0. The molecule has 0 bridgehead atoms. The molecule has 0 fully saturated rings. The van der Waals surface area contributed by atoms with Crippen LogP contribution in [0.1, 0.15) is 0 Å². The van der Waals surface area contributed by atoms with Crippen molar-refractivity contribution in [1.29, 1.82) is 0 Å². The smallest absolute Gasteiger partial charge is 0.180 e. The lowest BCUT2D eigenvalue weighted by atomic mass is 10.1. The Kier molecular flexibility index (Phi) is 8.23. The second kappa shape index (κ2) is 14.5. The summed E-state index contributed by atoms with van der Waals surface area (Å²) < 4.78 is 7.60. The molecule has 13 aromatic rings. The van der Waals surface area contributed by atoms with Gasteiger partial charge < -0.3 is 13.7 Å². The molecule has 0 amide bonds. The van der Waals surface area contributed by atoms with Crippen LogP contribution in [0.15, 0.2) is 249 Å². The number of benzene rings is 10. The molecule has 3 heterocycles. The van der Waals surface area contributed by atoms with Gasteiger partial charge in [0.1, 0.15) is 0 Å². The summed E-state index contributed by atoms with van der Waals surface area (Å²) in [4.78, 5) is 0. The van der Waals surface area contributed by atoms with E-state index in [0.29, 0.717) is 0 Å². The van der Waals surface area contributed by atoms with Crippen LogP contribution in [-0.2, 0) is 0 Å². The van der Waals surface area contributed by atoms with Crippen LogP contribution in [0.25, 0.3) is 82.5 Å². The maximum absolute atomic E-state index is 3.06. The summed E-state index contributed by atoms with van der Waals surface area (Å²) >= 11 is 0. The summed E-state index contributed by atoms with van der Waals surface area (Å²) in [5, 5.41) is 12.9. The van der Waals surface area contributed by atoms with Gasteiger partial charge >= 0.3 is 0 Å². The van der Waals surface area contributed by atoms with Crippen LogP contribution in [0, 0.1) is 0 Å². The molecule has 0 aliphatic carbocycles. The van der Waals surface area contributed by atoms with Gasteiger partial charge in [0.15, 0.2) is 8.07 Å². The molecule has 0 saturated carbocycles. The molecular weight excluding hydrogens is 791 g/mol. The van der Waals surface area contributed by atoms with E-state index in [4.69, 9.17) is 0 Å². The van der Waals surface area contributed by atoms with Crippen LogP contribution in [0.2, 0.25) is 0 Å². The van der Waals surface area contributed by atoms with Crippen molar-refractivity contribution in [3.8, 4) is 17.1 Å². The molecule has 64 heavy (non-hydrogen) atoms. The number of hydrogen-bond acceptors (Lipinski definition) is 0. The van der Waals surface area contributed by atoms with Crippen LogP contribution in [0.3, 0.4) is 0 Å². The third-order valence-corrected chi connectivity index (χ3v) is 18.4. The fraction of sp³-hybridized carbons (Fsp3) is 0. The Morgan fingerprint density at radius 1 is 0.250 bits per heavy atom. The Morgan fingerprint density at radius 2 is 0.641 bits per heavy atom. The molecule has 13 rings (SSSR count). The van der Waals surface area contributed by atoms with Gasteiger partial charge in [-0.15, -0.1) is 0 Å². The minimum atomic E-state index is -3.06. The molecule has 0 atom stereocenters. The van der Waals surface area contributed by atoms with Crippen LogP contribution in [-0.4, -0.2) is 21.8 Å². The van der Waals surface area contributed by atoms with Crippen molar-refractivity contribution in [2.45, 2.75) is 0 Å². The largest absolute Gasteiger partial charge is 0.307 e. The Labute approximate surface area is 372 Å². The number of fused-ring (bicyclic) bond motifs is 9. The van der Waals surface area contributed by atoms with Gasteiger partial charge in [-0.1, -0.05) is 200 Å². The Balaban J connectivity index is 1.29. The Hall–Kier alpha value is -8.18. The van der Waals surface area contributed by atoms with Gasteiger partial charge in [0, 0.05) is 38.0 Å². The van der Waals surface area contributed by atoms with E-state index >= 15 is 0 Å². The summed E-state index contributed by atoms with van der Waals surface area (Å²) in [5.41, 5.74) is 10.5. The third kappa shape index (κ3) is 5.15. The first-order valence-electron chi connectivity index (χ1n) is 22.1. The van der Waals surface area contributed by atoms with Crippen molar-refractivity contribution in [3.63, 3.8) is 0 Å². The summed E-state index contributed by atoms with van der Waals surface area (Å²) in [5.74, 6) is 0. The van der Waals surface area contributed by atoms with Gasteiger partial charge in [0.05, 0.1) is 44.5 Å². The molecule has 0 N–H and O–H groups in total. The van der Waals surface area contributed by atoms with E-state index in [2.05, 4.69) is 262 Å². The maximum Gasteiger partial charge on any atom is 0.180 e. The lowest BCUT2D eigenvalue weighted by Crippen LogP contribution is -2.74. The fourth-order valence-electron chi connectivity index (χ4n) is 11.1. The number of rotatable bonds is 7. The molecule has 300 valence electrons. The van der Waals surface area contributed by atoms with Gasteiger partial charge in [0.25, 0.3) is 0 Å². The van der Waals surface area contributed by atoms with Gasteiger partial charge in [0.2, 0.25) is 0 Å². The van der Waals surface area contributed by atoms with E-state index in [-0.39, 0.29) is 0 Å². The molecule has 3 aromatic heterocycles. The normalized spacial score (nSPS) is 12.1. The predicted molar refractivity (Wildman–Crippen MR) is 273 cm³/mol. The molecule has 10 aromatic carbocycles. The molecule has 0 spiro atoms. The van der Waals surface area contributed by atoms with Crippen LogP contribution >= 0.6 is 0 Å². The Morgan fingerprint density at radius 3 is 1.17 bits per heavy atom. The van der Waals surface area contributed by atoms with E-state index in [0.717, 1.165) is 17.1 Å². The fourth-order valence-corrected chi connectivity index (χ4v) is 16.0. The van der Waals surface area contributed by atoms with Crippen molar-refractivity contribution >= 4 is 94.2 Å². The van der Waals surface area contributed by atoms with E-state index in [1.54, 1.807) is 0 Å². The second-order valence-corrected chi connectivity index (χ2v) is 20.6. The summed E-state index contributed by atoms with van der Waals surface area (Å²) in [6, 6.07) is 92.5. The highest BCUT2D eigenvalue weighted by molar-refractivity contribution is 7.20. The number of aromatic nitrogens is 3. The van der Waals surface area contributed by atoms with Crippen molar-refractivity contribution < 1.29 is 0 Å². The second-order valence-electron chi connectivity index (χ2n) is 16.8.